The van der Waals surface area contributed by atoms with E-state index in [2.05, 4.69) is 20.9 Å². The third kappa shape index (κ3) is 1.47. The highest BCUT2D eigenvalue weighted by Crippen LogP contribution is 2.35. The van der Waals surface area contributed by atoms with Crippen LogP contribution in [-0.4, -0.2) is 11.3 Å². The fourth-order valence-corrected chi connectivity index (χ4v) is 3.00. The van der Waals surface area contributed by atoms with E-state index >= 15 is 0 Å². The maximum Gasteiger partial charge on any atom is 0.153 e. The second-order valence-electron chi connectivity index (χ2n) is 2.81. The largest absolute Gasteiger partial charge is 0.298 e. The van der Waals surface area contributed by atoms with Gasteiger partial charge in [-0.05, 0) is 28.9 Å². The van der Waals surface area contributed by atoms with Crippen molar-refractivity contribution in [1.29, 1.82) is 0 Å². The van der Waals surface area contributed by atoms with Crippen molar-refractivity contribution in [2.24, 2.45) is 0 Å². The number of pyridine rings is 1. The molecule has 0 unspecified atom stereocenters. The maximum atomic E-state index is 10.7. The Morgan fingerprint density at radius 3 is 3.00 bits per heavy atom. The Morgan fingerprint density at radius 2 is 2.36 bits per heavy atom. The molecule has 0 spiro atoms. The summed E-state index contributed by atoms with van der Waals surface area (Å²) in [4.78, 5) is 16.8. The quantitative estimate of drug-likeness (QED) is 0.590. The Kier molecular flexibility index (Phi) is 2.60. The van der Waals surface area contributed by atoms with Crippen molar-refractivity contribution in [3.8, 4) is 0 Å². The smallest absolute Gasteiger partial charge is 0.153 e. The first kappa shape index (κ1) is 10.1. The minimum atomic E-state index is 0.265. The van der Waals surface area contributed by atoms with Crippen molar-refractivity contribution in [2.45, 2.75) is 6.92 Å². The predicted octanol–water partition coefficient (Wildman–Crippen LogP) is 3.83. The fraction of sp³-hybridized carbons (Fsp3) is 0.111. The molecular formula is C9H5BrClNOS. The first-order valence-electron chi connectivity index (χ1n) is 3.84. The van der Waals surface area contributed by atoms with Gasteiger partial charge in [-0.2, -0.15) is 0 Å². The molecular weight excluding hydrogens is 286 g/mol. The highest BCUT2D eigenvalue weighted by atomic mass is 79.9. The lowest BCUT2D eigenvalue weighted by Crippen LogP contribution is -1.85. The van der Waals surface area contributed by atoms with Gasteiger partial charge in [0.05, 0.1) is 5.56 Å². The highest BCUT2D eigenvalue weighted by Gasteiger charge is 2.11. The number of aromatic nitrogens is 1. The molecule has 0 N–H and O–H groups in total. The molecule has 72 valence electrons. The van der Waals surface area contributed by atoms with E-state index in [0.717, 1.165) is 19.6 Å². The zero-order chi connectivity index (χ0) is 10.3. The monoisotopic (exact) mass is 289 g/mol. The van der Waals surface area contributed by atoms with Crippen molar-refractivity contribution in [3.63, 3.8) is 0 Å². The van der Waals surface area contributed by atoms with Gasteiger partial charge >= 0.3 is 0 Å². The van der Waals surface area contributed by atoms with E-state index < -0.39 is 0 Å². The second kappa shape index (κ2) is 3.61. The summed E-state index contributed by atoms with van der Waals surface area (Å²) in [6.45, 7) is 1.99. The van der Waals surface area contributed by atoms with Crippen LogP contribution in [-0.2, 0) is 0 Å². The Morgan fingerprint density at radius 1 is 1.64 bits per heavy atom. The number of aryl methyl sites for hydroxylation is 1. The molecule has 0 fully saturated rings. The zero-order valence-electron chi connectivity index (χ0n) is 7.17. The lowest BCUT2D eigenvalue weighted by atomic mass is 10.2. The molecule has 0 aromatic carbocycles. The van der Waals surface area contributed by atoms with Crippen LogP contribution in [0.15, 0.2) is 10.5 Å². The van der Waals surface area contributed by atoms with Crippen molar-refractivity contribution >= 4 is 55.4 Å². The standard InChI is InChI=1S/C9H5BrClNOS/c1-4-7(10)6-2-5(3-13)8(11)12-9(6)14-4/h2-3H,1H3. The number of hydrogen-bond donors (Lipinski definition) is 0. The van der Waals surface area contributed by atoms with E-state index in [-0.39, 0.29) is 5.15 Å². The second-order valence-corrected chi connectivity index (χ2v) is 5.17. The summed E-state index contributed by atoms with van der Waals surface area (Å²) in [7, 11) is 0. The van der Waals surface area contributed by atoms with E-state index in [1.165, 1.54) is 0 Å². The molecule has 0 aliphatic heterocycles. The molecule has 0 saturated carbocycles. The summed E-state index contributed by atoms with van der Waals surface area (Å²) in [5, 5.41) is 1.21. The first-order chi connectivity index (χ1) is 6.63. The van der Waals surface area contributed by atoms with Gasteiger partial charge in [0.25, 0.3) is 0 Å². The summed E-state index contributed by atoms with van der Waals surface area (Å²) in [5.41, 5.74) is 0.428. The van der Waals surface area contributed by atoms with E-state index in [1.807, 2.05) is 6.92 Å². The third-order valence-electron chi connectivity index (χ3n) is 1.89. The number of carbonyl (C=O) groups excluding carboxylic acids is 1. The molecule has 5 heteroatoms. The first-order valence-corrected chi connectivity index (χ1v) is 5.82. The van der Waals surface area contributed by atoms with Crippen LogP contribution in [0.2, 0.25) is 5.15 Å². The van der Waals surface area contributed by atoms with Crippen LogP contribution in [0.4, 0.5) is 0 Å². The minimum Gasteiger partial charge on any atom is -0.298 e. The van der Waals surface area contributed by atoms with Gasteiger partial charge in [-0.1, -0.05) is 11.6 Å². The molecule has 2 rings (SSSR count). The molecule has 2 aromatic rings. The molecule has 0 aliphatic rings. The molecule has 0 radical (unpaired) electrons. The summed E-state index contributed by atoms with van der Waals surface area (Å²) in [6.07, 6.45) is 0.716. The average Bonchev–Trinajstić information content (AvgIpc) is 2.41. The van der Waals surface area contributed by atoms with Gasteiger partial charge in [0, 0.05) is 14.7 Å². The van der Waals surface area contributed by atoms with Crippen molar-refractivity contribution in [3.05, 3.63) is 26.1 Å². The lowest BCUT2D eigenvalue weighted by Gasteiger charge is -1.95. The van der Waals surface area contributed by atoms with Gasteiger partial charge in [0.2, 0.25) is 0 Å². The Labute approximate surface area is 98.0 Å². The molecule has 0 atom stereocenters. The Hall–Kier alpha value is -0.450. The van der Waals surface area contributed by atoms with E-state index in [1.54, 1.807) is 17.4 Å². The van der Waals surface area contributed by atoms with Gasteiger partial charge in [0.1, 0.15) is 9.98 Å². The van der Waals surface area contributed by atoms with Crippen LogP contribution in [0, 0.1) is 6.92 Å². The summed E-state index contributed by atoms with van der Waals surface area (Å²) in [6, 6.07) is 1.76. The molecule has 2 aromatic heterocycles. The molecule has 0 bridgehead atoms. The van der Waals surface area contributed by atoms with Crippen molar-refractivity contribution in [2.75, 3.05) is 0 Å². The van der Waals surface area contributed by atoms with Crippen LogP contribution in [0.5, 0.6) is 0 Å². The van der Waals surface area contributed by atoms with Gasteiger partial charge in [-0.3, -0.25) is 4.79 Å². The molecule has 0 aliphatic carbocycles. The molecule has 14 heavy (non-hydrogen) atoms. The fourth-order valence-electron chi connectivity index (χ4n) is 1.19. The van der Waals surface area contributed by atoms with Crippen LogP contribution in [0.1, 0.15) is 15.2 Å². The Bertz CT molecular complexity index is 523. The molecule has 0 saturated heterocycles. The third-order valence-corrected chi connectivity index (χ3v) is 4.49. The van der Waals surface area contributed by atoms with Crippen LogP contribution in [0.3, 0.4) is 0 Å². The van der Waals surface area contributed by atoms with Crippen LogP contribution >= 0.6 is 38.9 Å². The normalized spacial score (nSPS) is 10.8. The molecule has 2 heterocycles. The van der Waals surface area contributed by atoms with Crippen molar-refractivity contribution < 1.29 is 4.79 Å². The number of thiophene rings is 1. The van der Waals surface area contributed by atoms with Crippen LogP contribution < -0.4 is 0 Å². The summed E-state index contributed by atoms with van der Waals surface area (Å²) in [5.74, 6) is 0. The van der Waals surface area contributed by atoms with Gasteiger partial charge in [-0.15, -0.1) is 11.3 Å². The summed E-state index contributed by atoms with van der Waals surface area (Å²) >= 11 is 10.8. The average molecular weight is 291 g/mol. The van der Waals surface area contributed by atoms with E-state index in [9.17, 15) is 4.79 Å². The SMILES string of the molecule is Cc1sc2nc(Cl)c(C=O)cc2c1Br. The van der Waals surface area contributed by atoms with Gasteiger partial charge in [-0.25, -0.2) is 4.98 Å². The van der Waals surface area contributed by atoms with E-state index in [0.29, 0.717) is 11.8 Å². The predicted molar refractivity (Wildman–Crippen MR) is 62.5 cm³/mol. The van der Waals surface area contributed by atoms with Gasteiger partial charge < -0.3 is 0 Å². The number of nitrogens with zero attached hydrogens (tertiary/aromatic N) is 1. The number of aldehydes is 1. The minimum absolute atomic E-state index is 0.265. The number of halogens is 2. The number of hydrogen-bond acceptors (Lipinski definition) is 3. The zero-order valence-corrected chi connectivity index (χ0v) is 10.3. The highest BCUT2D eigenvalue weighted by molar-refractivity contribution is 9.10. The van der Waals surface area contributed by atoms with Crippen LogP contribution in [0.25, 0.3) is 10.2 Å². The Balaban J connectivity index is 2.86. The number of fused-ring (bicyclic) bond motifs is 1. The molecule has 0 amide bonds. The topological polar surface area (TPSA) is 30.0 Å². The number of rotatable bonds is 1. The lowest BCUT2D eigenvalue weighted by molar-refractivity contribution is 0.112. The summed E-state index contributed by atoms with van der Waals surface area (Å²) < 4.78 is 0.991. The van der Waals surface area contributed by atoms with Gasteiger partial charge in [0.15, 0.2) is 6.29 Å². The molecule has 2 nitrogen and oxygen atoms in total. The van der Waals surface area contributed by atoms with Crippen molar-refractivity contribution in [1.82, 2.24) is 4.98 Å². The maximum absolute atomic E-state index is 10.7. The number of carbonyl (C=O) groups is 1. The van der Waals surface area contributed by atoms with E-state index in [4.69, 9.17) is 11.6 Å².